The van der Waals surface area contributed by atoms with Crippen LogP contribution in [0.3, 0.4) is 0 Å². The Bertz CT molecular complexity index is 411. The largest absolute Gasteiger partial charge is 0.477 e. The third-order valence-corrected chi connectivity index (χ3v) is 2.97. The van der Waals surface area contributed by atoms with Crippen molar-refractivity contribution in [1.82, 2.24) is 9.88 Å². The van der Waals surface area contributed by atoms with Gasteiger partial charge >= 0.3 is 5.97 Å². The van der Waals surface area contributed by atoms with Gasteiger partial charge in [0, 0.05) is 25.2 Å². The number of aromatic nitrogens is 1. The Hall–Kier alpha value is -1.62. The molecule has 2 N–H and O–H groups in total. The van der Waals surface area contributed by atoms with Crippen LogP contribution in [0.4, 0.5) is 5.82 Å². The van der Waals surface area contributed by atoms with Gasteiger partial charge in [-0.3, -0.25) is 4.90 Å². The van der Waals surface area contributed by atoms with Crippen LogP contribution in [0.1, 0.15) is 38.2 Å². The van der Waals surface area contributed by atoms with E-state index in [0.29, 0.717) is 17.9 Å². The van der Waals surface area contributed by atoms with E-state index in [1.807, 2.05) is 0 Å². The lowest BCUT2D eigenvalue weighted by molar-refractivity contribution is 0.0690. The molecule has 1 heterocycles. The first kappa shape index (κ1) is 15.4. The van der Waals surface area contributed by atoms with Gasteiger partial charge in [-0.25, -0.2) is 9.78 Å². The van der Waals surface area contributed by atoms with Crippen LogP contribution in [0.5, 0.6) is 0 Å². The highest BCUT2D eigenvalue weighted by Gasteiger charge is 2.12. The van der Waals surface area contributed by atoms with E-state index in [1.54, 1.807) is 12.1 Å². The van der Waals surface area contributed by atoms with Crippen molar-refractivity contribution in [3.05, 3.63) is 23.9 Å². The van der Waals surface area contributed by atoms with Crippen molar-refractivity contribution in [2.75, 3.05) is 18.4 Å². The number of hydrogen-bond acceptors (Lipinski definition) is 4. The molecule has 19 heavy (non-hydrogen) atoms. The Morgan fingerprint density at radius 1 is 1.32 bits per heavy atom. The molecule has 1 rings (SSSR count). The van der Waals surface area contributed by atoms with Crippen LogP contribution in [0, 0.1) is 0 Å². The highest BCUT2D eigenvalue weighted by atomic mass is 16.4. The molecule has 0 radical (unpaired) electrons. The highest BCUT2D eigenvalue weighted by Crippen LogP contribution is 2.07. The molecule has 0 bridgehead atoms. The van der Waals surface area contributed by atoms with Gasteiger partial charge in [-0.15, -0.1) is 0 Å². The number of nitrogens with zero attached hydrogens (tertiary/aromatic N) is 2. The first-order valence-corrected chi connectivity index (χ1v) is 6.61. The van der Waals surface area contributed by atoms with Crippen LogP contribution in [0.2, 0.25) is 0 Å². The van der Waals surface area contributed by atoms with Gasteiger partial charge in [0.05, 0.1) is 0 Å². The van der Waals surface area contributed by atoms with Gasteiger partial charge < -0.3 is 10.4 Å². The van der Waals surface area contributed by atoms with Gasteiger partial charge in [-0.2, -0.15) is 0 Å². The lowest BCUT2D eigenvalue weighted by Crippen LogP contribution is -2.40. The van der Waals surface area contributed by atoms with Crippen molar-refractivity contribution in [2.45, 2.75) is 39.8 Å². The van der Waals surface area contributed by atoms with Gasteiger partial charge in [0.2, 0.25) is 0 Å². The zero-order chi connectivity index (χ0) is 14.4. The molecule has 106 valence electrons. The van der Waals surface area contributed by atoms with Crippen molar-refractivity contribution >= 4 is 11.8 Å². The zero-order valence-corrected chi connectivity index (χ0v) is 12.1. The SMILES string of the molecule is CC(C)N(CCNc1cccc(C(=O)O)n1)C(C)C. The van der Waals surface area contributed by atoms with Gasteiger partial charge in [0.15, 0.2) is 5.69 Å². The number of hydrogen-bond donors (Lipinski definition) is 2. The number of rotatable bonds is 7. The van der Waals surface area contributed by atoms with Crippen LogP contribution in [0.15, 0.2) is 18.2 Å². The summed E-state index contributed by atoms with van der Waals surface area (Å²) in [6.07, 6.45) is 0. The second kappa shape index (κ2) is 7.09. The third-order valence-electron chi connectivity index (χ3n) is 2.97. The lowest BCUT2D eigenvalue weighted by Gasteiger charge is -2.30. The molecule has 5 heteroatoms. The number of aromatic carboxylic acids is 1. The number of carboxylic acids is 1. The molecule has 0 aliphatic carbocycles. The summed E-state index contributed by atoms with van der Waals surface area (Å²) in [4.78, 5) is 17.2. The minimum Gasteiger partial charge on any atom is -0.477 e. The maximum absolute atomic E-state index is 10.8. The normalized spacial score (nSPS) is 11.3. The molecule has 0 amide bonds. The molecule has 0 atom stereocenters. The molecule has 1 aromatic rings. The van der Waals surface area contributed by atoms with Crippen molar-refractivity contribution in [2.24, 2.45) is 0 Å². The molecule has 0 saturated carbocycles. The minimum atomic E-state index is -1.00. The number of pyridine rings is 1. The number of nitrogens with one attached hydrogen (secondary N) is 1. The fourth-order valence-electron chi connectivity index (χ4n) is 2.08. The standard InChI is InChI=1S/C14H23N3O2/c1-10(2)17(11(3)4)9-8-15-13-7-5-6-12(16-13)14(18)19/h5-7,10-11H,8-9H2,1-4H3,(H,15,16)(H,18,19). The molecule has 0 aromatic carbocycles. The van der Waals surface area contributed by atoms with Crippen LogP contribution in [0.25, 0.3) is 0 Å². The molecule has 1 aromatic heterocycles. The van der Waals surface area contributed by atoms with E-state index in [4.69, 9.17) is 5.11 Å². The number of anilines is 1. The summed E-state index contributed by atoms with van der Waals surface area (Å²) in [5.74, 6) is -0.401. The van der Waals surface area contributed by atoms with Crippen LogP contribution in [-0.4, -0.2) is 46.1 Å². The predicted octanol–water partition coefficient (Wildman–Crippen LogP) is 2.31. The van der Waals surface area contributed by atoms with Crippen LogP contribution in [-0.2, 0) is 0 Å². The zero-order valence-electron chi connectivity index (χ0n) is 12.1. The van der Waals surface area contributed by atoms with Gasteiger partial charge in [0.1, 0.15) is 5.82 Å². The molecule has 0 fully saturated rings. The van der Waals surface area contributed by atoms with Crippen LogP contribution < -0.4 is 5.32 Å². The summed E-state index contributed by atoms with van der Waals surface area (Å²) in [7, 11) is 0. The second-order valence-corrected chi connectivity index (χ2v) is 5.07. The van der Waals surface area contributed by atoms with Crippen LogP contribution >= 0.6 is 0 Å². The van der Waals surface area contributed by atoms with Crippen molar-refractivity contribution in [1.29, 1.82) is 0 Å². The molecule has 0 aliphatic heterocycles. The predicted molar refractivity (Wildman–Crippen MR) is 76.7 cm³/mol. The summed E-state index contributed by atoms with van der Waals surface area (Å²) >= 11 is 0. The highest BCUT2D eigenvalue weighted by molar-refractivity contribution is 5.85. The molecular formula is C14H23N3O2. The summed E-state index contributed by atoms with van der Waals surface area (Å²) in [6.45, 7) is 10.3. The Labute approximate surface area is 114 Å². The van der Waals surface area contributed by atoms with E-state index in [9.17, 15) is 4.79 Å². The molecule has 0 spiro atoms. The maximum Gasteiger partial charge on any atom is 0.354 e. The topological polar surface area (TPSA) is 65.5 Å². The summed E-state index contributed by atoms with van der Waals surface area (Å²) in [5, 5.41) is 12.0. The Morgan fingerprint density at radius 3 is 2.47 bits per heavy atom. The van der Waals surface area contributed by atoms with E-state index >= 15 is 0 Å². The Balaban J connectivity index is 2.53. The van der Waals surface area contributed by atoms with Gasteiger partial charge in [0.25, 0.3) is 0 Å². The Kier molecular flexibility index (Phi) is 5.76. The maximum atomic E-state index is 10.8. The van der Waals surface area contributed by atoms with E-state index in [-0.39, 0.29) is 5.69 Å². The molecular weight excluding hydrogens is 242 g/mol. The lowest BCUT2D eigenvalue weighted by atomic mass is 10.2. The average Bonchev–Trinajstić information content (AvgIpc) is 2.34. The average molecular weight is 265 g/mol. The second-order valence-electron chi connectivity index (χ2n) is 5.07. The smallest absolute Gasteiger partial charge is 0.354 e. The van der Waals surface area contributed by atoms with Gasteiger partial charge in [-0.1, -0.05) is 6.07 Å². The van der Waals surface area contributed by atoms with Crippen molar-refractivity contribution < 1.29 is 9.90 Å². The summed E-state index contributed by atoms with van der Waals surface area (Å²) in [5.41, 5.74) is 0.0644. The number of carbonyl (C=O) groups is 1. The fourth-order valence-corrected chi connectivity index (χ4v) is 2.08. The molecule has 0 unspecified atom stereocenters. The monoisotopic (exact) mass is 265 g/mol. The molecule has 0 saturated heterocycles. The first-order valence-electron chi connectivity index (χ1n) is 6.61. The summed E-state index contributed by atoms with van der Waals surface area (Å²) in [6, 6.07) is 5.94. The Morgan fingerprint density at radius 2 is 1.95 bits per heavy atom. The van der Waals surface area contributed by atoms with E-state index in [0.717, 1.165) is 13.1 Å². The molecule has 5 nitrogen and oxygen atoms in total. The van der Waals surface area contributed by atoms with Crippen molar-refractivity contribution in [3.63, 3.8) is 0 Å². The summed E-state index contributed by atoms with van der Waals surface area (Å²) < 4.78 is 0. The number of carboxylic acid groups (broad SMARTS) is 1. The van der Waals surface area contributed by atoms with Crippen molar-refractivity contribution in [3.8, 4) is 0 Å². The fraction of sp³-hybridized carbons (Fsp3) is 0.571. The van der Waals surface area contributed by atoms with E-state index < -0.39 is 5.97 Å². The van der Waals surface area contributed by atoms with Gasteiger partial charge in [-0.05, 0) is 39.8 Å². The molecule has 0 aliphatic rings. The third kappa shape index (κ3) is 4.87. The van der Waals surface area contributed by atoms with E-state index in [1.165, 1.54) is 6.07 Å². The minimum absolute atomic E-state index is 0.0644. The first-order chi connectivity index (χ1) is 8.91. The van der Waals surface area contributed by atoms with E-state index in [2.05, 4.69) is 42.9 Å². The quantitative estimate of drug-likeness (QED) is 0.792.